The lowest BCUT2D eigenvalue weighted by Crippen LogP contribution is -2.35. The molecule has 2 amide bonds. The molecule has 9 nitrogen and oxygen atoms in total. The van der Waals surface area contributed by atoms with Crippen LogP contribution in [-0.2, 0) is 22.7 Å². The standard InChI is InChI=1S/C38H38Cl2N6O3/c1-49-38-24(18-42-20-28-12-15-35(48)44-28)10-13-32(45-38)31-6-2-4-29(36(31)39)30-5-3-7-33(37(30)40)46-21-25-9-8-23(16-26(25)22-46)17-41-19-27-11-14-34(47)43-27/h2-10,13,16,21-22,27-28,41-42H,11-12,14-15,17-20H2,1H3,(H,43,47)(H,44,48)/t27-,28-/m0/s1. The lowest BCUT2D eigenvalue weighted by Gasteiger charge is -2.16. The molecule has 0 saturated carbocycles. The van der Waals surface area contributed by atoms with Crippen molar-refractivity contribution in [2.24, 2.45) is 0 Å². The lowest BCUT2D eigenvalue weighted by molar-refractivity contribution is -0.120. The van der Waals surface area contributed by atoms with Gasteiger partial charge in [-0.1, -0.05) is 71.7 Å². The lowest BCUT2D eigenvalue weighted by atomic mass is 10.00. The molecule has 0 aliphatic carbocycles. The third-order valence-electron chi connectivity index (χ3n) is 9.26. The van der Waals surface area contributed by atoms with E-state index in [2.05, 4.69) is 56.4 Å². The summed E-state index contributed by atoms with van der Waals surface area (Å²) in [4.78, 5) is 27.8. The van der Waals surface area contributed by atoms with E-state index in [0.29, 0.717) is 47.6 Å². The Morgan fingerprint density at radius 1 is 0.796 bits per heavy atom. The summed E-state index contributed by atoms with van der Waals surface area (Å²) in [7, 11) is 1.61. The summed E-state index contributed by atoms with van der Waals surface area (Å²) in [6.45, 7) is 2.73. The molecule has 0 spiro atoms. The highest BCUT2D eigenvalue weighted by atomic mass is 35.5. The highest BCUT2D eigenvalue weighted by Gasteiger charge is 2.22. The van der Waals surface area contributed by atoms with Crippen molar-refractivity contribution in [3.8, 4) is 34.0 Å². The van der Waals surface area contributed by atoms with E-state index in [-0.39, 0.29) is 23.9 Å². The normalized spacial score (nSPS) is 17.4. The van der Waals surface area contributed by atoms with Crippen molar-refractivity contribution >= 4 is 45.8 Å². The Hall–Kier alpha value is -4.41. The van der Waals surface area contributed by atoms with Crippen LogP contribution in [0.4, 0.5) is 0 Å². The van der Waals surface area contributed by atoms with Crippen LogP contribution in [0.3, 0.4) is 0 Å². The molecular formula is C38H38Cl2N6O3. The minimum Gasteiger partial charge on any atom is -0.481 e. The number of rotatable bonds is 12. The van der Waals surface area contributed by atoms with Crippen LogP contribution in [0.1, 0.15) is 36.8 Å². The first kappa shape index (κ1) is 33.1. The third kappa shape index (κ3) is 7.31. The predicted molar refractivity (Wildman–Crippen MR) is 194 cm³/mol. The quantitative estimate of drug-likeness (QED) is 0.120. The zero-order chi connectivity index (χ0) is 33.9. The molecule has 2 aliphatic rings. The average Bonchev–Trinajstić information content (AvgIpc) is 3.84. The molecule has 2 saturated heterocycles. The SMILES string of the molecule is COc1nc(-c2cccc(-c3cccc(-n4cc5ccc(CNC[C@@H]6CCC(=O)N6)cc5c4)c3Cl)c2Cl)ccc1CNC[C@@H]1CCC(=O)N1. The number of ether oxygens (including phenoxy) is 1. The number of halogens is 2. The smallest absolute Gasteiger partial charge is 0.220 e. The van der Waals surface area contributed by atoms with Crippen molar-refractivity contribution in [2.45, 2.75) is 50.9 Å². The van der Waals surface area contributed by atoms with Crippen molar-refractivity contribution in [1.29, 1.82) is 0 Å². The summed E-state index contributed by atoms with van der Waals surface area (Å²) in [6, 6.07) is 22.6. The zero-order valence-corrected chi connectivity index (χ0v) is 28.7. The van der Waals surface area contributed by atoms with Crippen LogP contribution in [0.5, 0.6) is 5.88 Å². The van der Waals surface area contributed by atoms with E-state index in [4.69, 9.17) is 32.9 Å². The van der Waals surface area contributed by atoms with Crippen LogP contribution in [-0.4, -0.2) is 53.6 Å². The zero-order valence-electron chi connectivity index (χ0n) is 27.2. The van der Waals surface area contributed by atoms with E-state index >= 15 is 0 Å². The summed E-state index contributed by atoms with van der Waals surface area (Å²) < 4.78 is 7.71. The average molecular weight is 698 g/mol. The van der Waals surface area contributed by atoms with Crippen molar-refractivity contribution in [3.63, 3.8) is 0 Å². The fourth-order valence-electron chi connectivity index (χ4n) is 6.67. The van der Waals surface area contributed by atoms with Crippen LogP contribution < -0.4 is 26.0 Å². The number of nitrogens with one attached hydrogen (secondary N) is 4. The van der Waals surface area contributed by atoms with Gasteiger partial charge in [0, 0.05) is 91.1 Å². The van der Waals surface area contributed by atoms with Crippen LogP contribution in [0.25, 0.3) is 38.8 Å². The first-order valence-electron chi connectivity index (χ1n) is 16.6. The summed E-state index contributed by atoms with van der Waals surface area (Å²) >= 11 is 14.2. The number of fused-ring (bicyclic) bond motifs is 1. The molecule has 2 aromatic heterocycles. The van der Waals surface area contributed by atoms with Gasteiger partial charge in [0.1, 0.15) is 0 Å². The minimum atomic E-state index is 0.105. The molecular weight excluding hydrogens is 659 g/mol. The van der Waals surface area contributed by atoms with Gasteiger partial charge < -0.3 is 30.6 Å². The Labute approximate surface area is 295 Å². The number of benzene rings is 3. The highest BCUT2D eigenvalue weighted by Crippen LogP contribution is 2.41. The number of amides is 2. The molecule has 0 unspecified atom stereocenters. The summed E-state index contributed by atoms with van der Waals surface area (Å²) in [5, 5.41) is 16.2. The second-order valence-corrected chi connectivity index (χ2v) is 13.4. The van der Waals surface area contributed by atoms with Gasteiger partial charge in [0.05, 0.1) is 28.5 Å². The topological polar surface area (TPSA) is 109 Å². The largest absolute Gasteiger partial charge is 0.481 e. The molecule has 7 rings (SSSR count). The first-order chi connectivity index (χ1) is 23.9. The van der Waals surface area contributed by atoms with Gasteiger partial charge in [0.2, 0.25) is 17.7 Å². The number of methoxy groups -OCH3 is 1. The van der Waals surface area contributed by atoms with E-state index in [1.54, 1.807) is 7.11 Å². The molecule has 2 fully saturated rings. The number of carbonyl (C=O) groups excluding carboxylic acids is 2. The molecule has 0 bridgehead atoms. The Bertz CT molecular complexity index is 2030. The summed E-state index contributed by atoms with van der Waals surface area (Å²) in [5.41, 5.74) is 6.03. The van der Waals surface area contributed by atoms with Gasteiger partial charge in [-0.2, -0.15) is 0 Å². The van der Waals surface area contributed by atoms with Gasteiger partial charge in [-0.3, -0.25) is 9.59 Å². The number of aromatic nitrogens is 2. The molecule has 49 heavy (non-hydrogen) atoms. The van der Waals surface area contributed by atoms with Crippen molar-refractivity contribution in [3.05, 3.63) is 100 Å². The fraction of sp³-hybridized carbons (Fsp3) is 0.289. The molecule has 0 radical (unpaired) electrons. The van der Waals surface area contributed by atoms with Crippen molar-refractivity contribution < 1.29 is 14.3 Å². The van der Waals surface area contributed by atoms with Crippen molar-refractivity contribution in [1.82, 2.24) is 30.8 Å². The molecule has 11 heteroatoms. The van der Waals surface area contributed by atoms with Crippen LogP contribution in [0.15, 0.2) is 79.1 Å². The van der Waals surface area contributed by atoms with E-state index < -0.39 is 0 Å². The Kier molecular flexibility index (Phi) is 9.86. The number of carbonyl (C=O) groups is 2. The van der Waals surface area contributed by atoms with E-state index in [1.807, 2.05) is 48.5 Å². The number of nitrogens with zero attached hydrogens (tertiary/aromatic N) is 2. The van der Waals surface area contributed by atoms with E-state index in [1.165, 1.54) is 5.56 Å². The van der Waals surface area contributed by atoms with Gasteiger partial charge in [0.15, 0.2) is 0 Å². The van der Waals surface area contributed by atoms with Crippen LogP contribution in [0, 0.1) is 0 Å². The molecule has 3 aromatic carbocycles. The maximum atomic E-state index is 11.5. The van der Waals surface area contributed by atoms with Crippen LogP contribution in [0.2, 0.25) is 10.0 Å². The second kappa shape index (κ2) is 14.6. The summed E-state index contributed by atoms with van der Waals surface area (Å²) in [5.74, 6) is 0.754. The van der Waals surface area contributed by atoms with Gasteiger partial charge in [-0.15, -0.1) is 0 Å². The van der Waals surface area contributed by atoms with E-state index in [0.717, 1.165) is 64.6 Å². The Morgan fingerprint density at radius 3 is 2.14 bits per heavy atom. The minimum absolute atomic E-state index is 0.105. The first-order valence-corrected chi connectivity index (χ1v) is 17.3. The molecule has 2 aliphatic heterocycles. The maximum absolute atomic E-state index is 11.5. The van der Waals surface area contributed by atoms with Gasteiger partial charge >= 0.3 is 0 Å². The van der Waals surface area contributed by atoms with Gasteiger partial charge in [-0.05, 0) is 42.0 Å². The molecule has 4 heterocycles. The number of hydrogen-bond donors (Lipinski definition) is 4. The van der Waals surface area contributed by atoms with E-state index in [9.17, 15) is 9.59 Å². The molecule has 5 aromatic rings. The van der Waals surface area contributed by atoms with Gasteiger partial charge in [-0.25, -0.2) is 4.98 Å². The molecule has 4 N–H and O–H groups in total. The maximum Gasteiger partial charge on any atom is 0.220 e. The fourth-order valence-corrected chi connectivity index (χ4v) is 7.32. The monoisotopic (exact) mass is 696 g/mol. The Morgan fingerprint density at radius 2 is 1.45 bits per heavy atom. The van der Waals surface area contributed by atoms with Gasteiger partial charge in [0.25, 0.3) is 0 Å². The highest BCUT2D eigenvalue weighted by molar-refractivity contribution is 6.39. The molecule has 252 valence electrons. The number of pyridine rings is 1. The predicted octanol–water partition coefficient (Wildman–Crippen LogP) is 6.41. The number of hydrogen-bond acceptors (Lipinski definition) is 6. The van der Waals surface area contributed by atoms with Crippen molar-refractivity contribution in [2.75, 3.05) is 20.2 Å². The summed E-state index contributed by atoms with van der Waals surface area (Å²) in [6.07, 6.45) is 7.08. The Balaban J connectivity index is 1.09. The molecule has 2 atom stereocenters. The van der Waals surface area contributed by atoms with Crippen LogP contribution >= 0.6 is 23.2 Å². The second-order valence-electron chi connectivity index (χ2n) is 12.7. The third-order valence-corrected chi connectivity index (χ3v) is 10.1.